The van der Waals surface area contributed by atoms with E-state index in [1.54, 1.807) is 0 Å². The number of hydrogen-bond donors (Lipinski definition) is 1. The third-order valence-electron chi connectivity index (χ3n) is 2.64. The van der Waals surface area contributed by atoms with Gasteiger partial charge in [-0.25, -0.2) is 12.8 Å². The van der Waals surface area contributed by atoms with Crippen LogP contribution in [0.2, 0.25) is 0 Å². The van der Waals surface area contributed by atoms with Gasteiger partial charge in [0.15, 0.2) is 0 Å². The van der Waals surface area contributed by atoms with Crippen LogP contribution in [0, 0.1) is 5.82 Å². The molecule has 16 heavy (non-hydrogen) atoms. The summed E-state index contributed by atoms with van der Waals surface area (Å²) >= 11 is 0. The topological polar surface area (TPSA) is 63.4 Å². The second-order valence-electron chi connectivity index (χ2n) is 3.84. The van der Waals surface area contributed by atoms with E-state index in [1.165, 1.54) is 22.5 Å². The highest BCUT2D eigenvalue weighted by atomic mass is 32.2. The van der Waals surface area contributed by atoms with Crippen LogP contribution in [0.4, 0.5) is 4.39 Å². The predicted octanol–water partition coefficient (Wildman–Crippen LogP) is 0.547. The molecule has 1 aliphatic rings. The fourth-order valence-electron chi connectivity index (χ4n) is 1.77. The van der Waals surface area contributed by atoms with Crippen LogP contribution in [-0.4, -0.2) is 31.9 Å². The smallest absolute Gasteiger partial charge is 0.246 e. The minimum Gasteiger partial charge on any atom is -0.326 e. The molecular weight excluding hydrogens is 231 g/mol. The molecule has 0 saturated carbocycles. The summed E-state index contributed by atoms with van der Waals surface area (Å²) in [4.78, 5) is -0.274. The lowest BCUT2D eigenvalue weighted by Crippen LogP contribution is -2.32. The molecule has 2 N–H and O–H groups in total. The van der Waals surface area contributed by atoms with E-state index in [9.17, 15) is 12.8 Å². The highest BCUT2D eigenvalue weighted by molar-refractivity contribution is 7.89. The van der Waals surface area contributed by atoms with E-state index in [1.807, 2.05) is 0 Å². The Hall–Kier alpha value is -0.980. The molecule has 2 rings (SSSR count). The number of benzene rings is 1. The molecular formula is C10H13FN2O2S. The average Bonchev–Trinajstić information content (AvgIpc) is 2.66. The summed E-state index contributed by atoms with van der Waals surface area (Å²) in [5.74, 6) is -0.719. The van der Waals surface area contributed by atoms with Crippen molar-refractivity contribution in [3.63, 3.8) is 0 Å². The van der Waals surface area contributed by atoms with Crippen LogP contribution < -0.4 is 5.73 Å². The summed E-state index contributed by atoms with van der Waals surface area (Å²) in [5, 5.41) is 0. The van der Waals surface area contributed by atoms with Crippen molar-refractivity contribution in [2.45, 2.75) is 17.4 Å². The molecule has 1 saturated heterocycles. The Morgan fingerprint density at radius 2 is 2.06 bits per heavy atom. The molecule has 0 bridgehead atoms. The molecule has 0 spiro atoms. The number of hydrogen-bond acceptors (Lipinski definition) is 3. The minimum absolute atomic E-state index is 0.151. The second-order valence-corrected chi connectivity index (χ2v) is 5.75. The van der Waals surface area contributed by atoms with Crippen LogP contribution >= 0.6 is 0 Å². The van der Waals surface area contributed by atoms with Crippen LogP contribution in [0.1, 0.15) is 6.42 Å². The first kappa shape index (κ1) is 11.5. The Balaban J connectivity index is 2.36. The minimum atomic E-state index is -3.72. The SMILES string of the molecule is NC1CCN(S(=O)(=O)c2ccccc2F)C1. The lowest BCUT2D eigenvalue weighted by molar-refractivity contribution is 0.465. The van der Waals surface area contributed by atoms with Crippen molar-refractivity contribution in [3.05, 3.63) is 30.1 Å². The molecule has 0 aliphatic carbocycles. The first-order chi connectivity index (χ1) is 7.51. The monoisotopic (exact) mass is 244 g/mol. The van der Waals surface area contributed by atoms with E-state index in [-0.39, 0.29) is 17.5 Å². The van der Waals surface area contributed by atoms with Crippen molar-refractivity contribution in [2.24, 2.45) is 5.73 Å². The Labute approximate surface area is 93.9 Å². The molecule has 6 heteroatoms. The van der Waals surface area contributed by atoms with Gasteiger partial charge in [0, 0.05) is 19.1 Å². The van der Waals surface area contributed by atoms with Gasteiger partial charge >= 0.3 is 0 Å². The number of nitrogens with two attached hydrogens (primary N) is 1. The average molecular weight is 244 g/mol. The summed E-state index contributed by atoms with van der Waals surface area (Å²) in [6.45, 7) is 0.620. The molecule has 0 amide bonds. The van der Waals surface area contributed by atoms with E-state index < -0.39 is 15.8 Å². The zero-order valence-corrected chi connectivity index (χ0v) is 9.45. The predicted molar refractivity (Wildman–Crippen MR) is 57.8 cm³/mol. The number of halogens is 1. The fourth-order valence-corrected chi connectivity index (χ4v) is 3.34. The van der Waals surface area contributed by atoms with Crippen molar-refractivity contribution in [3.8, 4) is 0 Å². The Bertz CT molecular complexity index is 489. The number of nitrogens with zero attached hydrogens (tertiary/aromatic N) is 1. The zero-order chi connectivity index (χ0) is 11.8. The number of sulfonamides is 1. The lowest BCUT2D eigenvalue weighted by Gasteiger charge is -2.16. The van der Waals surface area contributed by atoms with Crippen molar-refractivity contribution in [1.29, 1.82) is 0 Å². The number of rotatable bonds is 2. The Kier molecular flexibility index (Phi) is 2.96. The van der Waals surface area contributed by atoms with E-state index in [4.69, 9.17) is 5.73 Å². The third-order valence-corrected chi connectivity index (χ3v) is 4.54. The maximum absolute atomic E-state index is 13.4. The van der Waals surface area contributed by atoms with Crippen LogP contribution in [0.3, 0.4) is 0 Å². The third kappa shape index (κ3) is 1.95. The molecule has 1 atom stereocenters. The molecule has 1 aromatic rings. The zero-order valence-electron chi connectivity index (χ0n) is 8.64. The van der Waals surface area contributed by atoms with Gasteiger partial charge in [0.1, 0.15) is 10.7 Å². The summed E-state index contributed by atoms with van der Waals surface area (Å²) in [5.41, 5.74) is 5.64. The molecule has 1 aliphatic heterocycles. The summed E-state index contributed by atoms with van der Waals surface area (Å²) in [7, 11) is -3.72. The standard InChI is InChI=1S/C10H13FN2O2S/c11-9-3-1-2-4-10(9)16(14,15)13-6-5-8(12)7-13/h1-4,8H,5-7,12H2. The van der Waals surface area contributed by atoms with Crippen molar-refractivity contribution in [2.75, 3.05) is 13.1 Å². The lowest BCUT2D eigenvalue weighted by atomic mass is 10.3. The highest BCUT2D eigenvalue weighted by Crippen LogP contribution is 2.22. The van der Waals surface area contributed by atoms with E-state index in [0.717, 1.165) is 6.07 Å². The van der Waals surface area contributed by atoms with Crippen molar-refractivity contribution in [1.82, 2.24) is 4.31 Å². The van der Waals surface area contributed by atoms with Crippen LogP contribution in [0.15, 0.2) is 29.2 Å². The maximum Gasteiger partial charge on any atom is 0.246 e. The highest BCUT2D eigenvalue weighted by Gasteiger charge is 2.32. The van der Waals surface area contributed by atoms with Gasteiger partial charge < -0.3 is 5.73 Å². The van der Waals surface area contributed by atoms with Gasteiger partial charge in [-0.1, -0.05) is 12.1 Å². The molecule has 4 nitrogen and oxygen atoms in total. The molecule has 1 fully saturated rings. The Morgan fingerprint density at radius 1 is 1.38 bits per heavy atom. The largest absolute Gasteiger partial charge is 0.326 e. The Morgan fingerprint density at radius 3 is 2.62 bits per heavy atom. The first-order valence-corrected chi connectivity index (χ1v) is 6.46. The van der Waals surface area contributed by atoms with Crippen LogP contribution in [-0.2, 0) is 10.0 Å². The second kappa shape index (κ2) is 4.12. The molecule has 1 heterocycles. The molecule has 0 aromatic heterocycles. The first-order valence-electron chi connectivity index (χ1n) is 5.02. The van der Waals surface area contributed by atoms with E-state index in [2.05, 4.69) is 0 Å². The fraction of sp³-hybridized carbons (Fsp3) is 0.400. The van der Waals surface area contributed by atoms with Gasteiger partial charge in [0.05, 0.1) is 0 Å². The molecule has 1 unspecified atom stereocenters. The van der Waals surface area contributed by atoms with Crippen LogP contribution in [0.5, 0.6) is 0 Å². The molecule has 0 radical (unpaired) electrons. The summed E-state index contributed by atoms with van der Waals surface area (Å²) in [6.07, 6.45) is 0.619. The van der Waals surface area contributed by atoms with Gasteiger partial charge in [-0.05, 0) is 18.6 Å². The van der Waals surface area contributed by atoms with Crippen LogP contribution in [0.25, 0.3) is 0 Å². The maximum atomic E-state index is 13.4. The quantitative estimate of drug-likeness (QED) is 0.826. The summed E-state index contributed by atoms with van der Waals surface area (Å²) < 4.78 is 38.7. The van der Waals surface area contributed by atoms with Crippen molar-refractivity contribution >= 4 is 10.0 Å². The van der Waals surface area contributed by atoms with E-state index in [0.29, 0.717) is 13.0 Å². The molecule has 1 aromatic carbocycles. The normalized spacial score (nSPS) is 22.5. The van der Waals surface area contributed by atoms with Gasteiger partial charge in [-0.15, -0.1) is 0 Å². The van der Waals surface area contributed by atoms with Gasteiger partial charge in [0.2, 0.25) is 10.0 Å². The summed E-state index contributed by atoms with van der Waals surface area (Å²) in [6, 6.07) is 5.23. The van der Waals surface area contributed by atoms with Gasteiger partial charge in [0.25, 0.3) is 0 Å². The van der Waals surface area contributed by atoms with Crippen molar-refractivity contribution < 1.29 is 12.8 Å². The molecule has 88 valence electrons. The van der Waals surface area contributed by atoms with Gasteiger partial charge in [-0.3, -0.25) is 0 Å². The van der Waals surface area contributed by atoms with E-state index >= 15 is 0 Å². The van der Waals surface area contributed by atoms with Gasteiger partial charge in [-0.2, -0.15) is 4.31 Å².